The van der Waals surface area contributed by atoms with Crippen molar-refractivity contribution in [1.82, 2.24) is 20.4 Å². The van der Waals surface area contributed by atoms with Crippen molar-refractivity contribution in [2.45, 2.75) is 40.5 Å². The van der Waals surface area contributed by atoms with Crippen LogP contribution in [-0.2, 0) is 9.59 Å². The molecule has 0 aromatic rings. The van der Waals surface area contributed by atoms with Crippen molar-refractivity contribution in [3.63, 3.8) is 0 Å². The summed E-state index contributed by atoms with van der Waals surface area (Å²) in [6.45, 7) is 12.2. The molecule has 0 unspecified atom stereocenters. The van der Waals surface area contributed by atoms with E-state index >= 15 is 0 Å². The van der Waals surface area contributed by atoms with Crippen LogP contribution in [0.5, 0.6) is 0 Å². The molecular weight excluding hydrogens is 268 g/mol. The summed E-state index contributed by atoms with van der Waals surface area (Å²) in [6.07, 6.45) is 1.71. The Hall–Kier alpha value is -1.14. The van der Waals surface area contributed by atoms with E-state index in [2.05, 4.69) is 34.3 Å². The molecule has 0 saturated carbocycles. The molecule has 21 heavy (non-hydrogen) atoms. The van der Waals surface area contributed by atoms with Crippen LogP contribution in [0, 0.1) is 11.8 Å². The molecule has 2 amide bonds. The van der Waals surface area contributed by atoms with Gasteiger partial charge in [-0.05, 0) is 12.3 Å². The lowest BCUT2D eigenvalue weighted by atomic mass is 10.1. The number of carbonyl (C=O) groups excluding carboxylic acids is 2. The first-order chi connectivity index (χ1) is 9.88. The normalized spacial score (nSPS) is 16.1. The fourth-order valence-corrected chi connectivity index (χ4v) is 2.03. The van der Waals surface area contributed by atoms with Crippen LogP contribution in [0.15, 0.2) is 0 Å². The Bertz CT molecular complexity index is 339. The molecule has 0 aromatic heterocycles. The Kier molecular flexibility index (Phi) is 7.67. The van der Waals surface area contributed by atoms with Crippen molar-refractivity contribution in [2.75, 3.05) is 33.1 Å². The summed E-state index contributed by atoms with van der Waals surface area (Å²) in [7, 11) is 0. The number of amides is 2. The van der Waals surface area contributed by atoms with Gasteiger partial charge < -0.3 is 10.6 Å². The molecule has 6 heteroatoms. The van der Waals surface area contributed by atoms with Crippen molar-refractivity contribution in [3.05, 3.63) is 0 Å². The van der Waals surface area contributed by atoms with Crippen LogP contribution in [0.3, 0.4) is 0 Å². The average Bonchev–Trinajstić information content (AvgIpc) is 2.35. The summed E-state index contributed by atoms with van der Waals surface area (Å²) in [6, 6.07) is 0. The Balaban J connectivity index is 1.99. The maximum Gasteiger partial charge on any atom is 0.223 e. The van der Waals surface area contributed by atoms with E-state index in [0.717, 1.165) is 32.3 Å². The van der Waals surface area contributed by atoms with Gasteiger partial charge in [0.15, 0.2) is 0 Å². The third-order valence-corrected chi connectivity index (χ3v) is 3.55. The van der Waals surface area contributed by atoms with Crippen LogP contribution in [0.25, 0.3) is 0 Å². The van der Waals surface area contributed by atoms with Gasteiger partial charge in [0, 0.05) is 25.4 Å². The van der Waals surface area contributed by atoms with Crippen molar-refractivity contribution in [3.8, 4) is 0 Å². The van der Waals surface area contributed by atoms with Gasteiger partial charge in [0.2, 0.25) is 11.8 Å². The SMILES string of the molecule is CC(C)CCN1CN(CCC(=O)NCNC(=O)C(C)C)C1. The third kappa shape index (κ3) is 7.43. The largest absolute Gasteiger partial charge is 0.339 e. The third-order valence-electron chi connectivity index (χ3n) is 3.55. The van der Waals surface area contributed by atoms with E-state index in [9.17, 15) is 9.59 Å². The molecule has 2 N–H and O–H groups in total. The molecule has 1 fully saturated rings. The van der Waals surface area contributed by atoms with Crippen LogP contribution in [0.1, 0.15) is 40.5 Å². The highest BCUT2D eigenvalue weighted by Gasteiger charge is 2.23. The lowest BCUT2D eigenvalue weighted by molar-refractivity contribution is -0.125. The quantitative estimate of drug-likeness (QED) is 0.618. The van der Waals surface area contributed by atoms with Gasteiger partial charge in [-0.3, -0.25) is 19.4 Å². The smallest absolute Gasteiger partial charge is 0.223 e. The molecular formula is C15H30N4O2. The van der Waals surface area contributed by atoms with Crippen LogP contribution in [-0.4, -0.2) is 54.7 Å². The molecule has 6 nitrogen and oxygen atoms in total. The Morgan fingerprint density at radius 1 is 1.00 bits per heavy atom. The van der Waals surface area contributed by atoms with Crippen molar-refractivity contribution in [1.29, 1.82) is 0 Å². The second kappa shape index (κ2) is 9.00. The van der Waals surface area contributed by atoms with Crippen LogP contribution < -0.4 is 10.6 Å². The first-order valence-electron chi connectivity index (χ1n) is 7.87. The van der Waals surface area contributed by atoms with E-state index in [-0.39, 0.29) is 24.4 Å². The number of nitrogens with one attached hydrogen (secondary N) is 2. The zero-order valence-electron chi connectivity index (χ0n) is 13.8. The molecule has 0 atom stereocenters. The van der Waals surface area contributed by atoms with Gasteiger partial charge in [-0.25, -0.2) is 0 Å². The van der Waals surface area contributed by atoms with Gasteiger partial charge in [0.1, 0.15) is 0 Å². The molecule has 0 bridgehead atoms. The molecule has 0 spiro atoms. The second-order valence-corrected chi connectivity index (χ2v) is 6.48. The summed E-state index contributed by atoms with van der Waals surface area (Å²) in [5.41, 5.74) is 0. The number of hydrogen-bond acceptors (Lipinski definition) is 4. The number of carbonyl (C=O) groups is 2. The maximum atomic E-state index is 11.6. The lowest BCUT2D eigenvalue weighted by Gasteiger charge is -2.42. The predicted molar refractivity (Wildman–Crippen MR) is 83.2 cm³/mol. The average molecular weight is 298 g/mol. The van der Waals surface area contributed by atoms with Crippen LogP contribution >= 0.6 is 0 Å². The van der Waals surface area contributed by atoms with E-state index in [4.69, 9.17) is 0 Å². The van der Waals surface area contributed by atoms with Crippen molar-refractivity contribution in [2.24, 2.45) is 11.8 Å². The molecule has 0 aromatic carbocycles. The predicted octanol–water partition coefficient (Wildman–Crippen LogP) is 0.801. The fraction of sp³-hybridized carbons (Fsp3) is 0.867. The van der Waals surface area contributed by atoms with Crippen LogP contribution in [0.2, 0.25) is 0 Å². The van der Waals surface area contributed by atoms with Gasteiger partial charge >= 0.3 is 0 Å². The minimum absolute atomic E-state index is 0.0142. The summed E-state index contributed by atoms with van der Waals surface area (Å²) < 4.78 is 0. The zero-order valence-corrected chi connectivity index (χ0v) is 13.8. The standard InChI is InChI=1S/C15H30N4O2/c1-12(2)5-7-18-10-19(11-18)8-6-14(20)16-9-17-15(21)13(3)4/h12-13H,5-11H2,1-4H3,(H,16,20)(H,17,21). The molecule has 122 valence electrons. The number of rotatable bonds is 9. The molecule has 1 rings (SSSR count). The highest BCUT2D eigenvalue weighted by molar-refractivity contribution is 5.79. The molecule has 1 saturated heterocycles. The Labute approximate surface area is 128 Å². The summed E-state index contributed by atoms with van der Waals surface area (Å²) in [5.74, 6) is 0.629. The molecule has 1 aliphatic heterocycles. The maximum absolute atomic E-state index is 11.6. The monoisotopic (exact) mass is 298 g/mol. The number of hydrogen-bond donors (Lipinski definition) is 2. The van der Waals surface area contributed by atoms with Gasteiger partial charge in [0.05, 0.1) is 20.0 Å². The fourth-order valence-electron chi connectivity index (χ4n) is 2.03. The zero-order chi connectivity index (χ0) is 15.8. The van der Waals surface area contributed by atoms with Crippen LogP contribution in [0.4, 0.5) is 0 Å². The molecule has 1 heterocycles. The van der Waals surface area contributed by atoms with Gasteiger partial charge in [-0.1, -0.05) is 27.7 Å². The van der Waals surface area contributed by atoms with E-state index < -0.39 is 0 Å². The van der Waals surface area contributed by atoms with E-state index in [1.54, 1.807) is 0 Å². The second-order valence-electron chi connectivity index (χ2n) is 6.48. The molecule has 1 aliphatic rings. The highest BCUT2D eigenvalue weighted by atomic mass is 16.2. The van der Waals surface area contributed by atoms with E-state index in [1.165, 1.54) is 6.42 Å². The molecule has 0 radical (unpaired) electrons. The summed E-state index contributed by atoms with van der Waals surface area (Å²) in [4.78, 5) is 27.6. The number of nitrogens with zero attached hydrogens (tertiary/aromatic N) is 2. The summed E-state index contributed by atoms with van der Waals surface area (Å²) >= 11 is 0. The van der Waals surface area contributed by atoms with E-state index in [0.29, 0.717) is 6.42 Å². The minimum atomic E-state index is -0.0557. The highest BCUT2D eigenvalue weighted by Crippen LogP contribution is 2.11. The topological polar surface area (TPSA) is 64.7 Å². The Morgan fingerprint density at radius 3 is 2.19 bits per heavy atom. The van der Waals surface area contributed by atoms with E-state index in [1.807, 2.05) is 13.8 Å². The Morgan fingerprint density at radius 2 is 1.62 bits per heavy atom. The first-order valence-corrected chi connectivity index (χ1v) is 7.87. The van der Waals surface area contributed by atoms with Crippen molar-refractivity contribution >= 4 is 11.8 Å². The lowest BCUT2D eigenvalue weighted by Crippen LogP contribution is -2.56. The van der Waals surface area contributed by atoms with Crippen molar-refractivity contribution < 1.29 is 9.59 Å². The summed E-state index contributed by atoms with van der Waals surface area (Å²) in [5, 5.41) is 5.38. The van der Waals surface area contributed by atoms with Gasteiger partial charge in [-0.15, -0.1) is 0 Å². The minimum Gasteiger partial charge on any atom is -0.339 e. The molecule has 0 aliphatic carbocycles. The first kappa shape index (κ1) is 17.9. The van der Waals surface area contributed by atoms with Gasteiger partial charge in [0.25, 0.3) is 0 Å². The van der Waals surface area contributed by atoms with Gasteiger partial charge in [-0.2, -0.15) is 0 Å².